The average Bonchev–Trinajstić information content (AvgIpc) is 2.62. The Hall–Kier alpha value is -2.73. The summed E-state index contributed by atoms with van der Waals surface area (Å²) in [7, 11) is 2.79. The Morgan fingerprint density at radius 2 is 1.69 bits per heavy atom. The van der Waals surface area contributed by atoms with E-state index in [1.54, 1.807) is 30.3 Å². The van der Waals surface area contributed by atoms with Gasteiger partial charge in [-0.05, 0) is 50.2 Å². The Morgan fingerprint density at radius 3 is 2.23 bits per heavy atom. The molecular formula is C19H20ClNO5. The second kappa shape index (κ2) is 8.58. The van der Waals surface area contributed by atoms with E-state index in [4.69, 9.17) is 21.1 Å². The molecular weight excluding hydrogens is 358 g/mol. The van der Waals surface area contributed by atoms with Crippen LogP contribution in [0.1, 0.15) is 34.6 Å². The average molecular weight is 378 g/mol. The van der Waals surface area contributed by atoms with Crippen LogP contribution in [0.25, 0.3) is 0 Å². The molecule has 0 atom stereocenters. The van der Waals surface area contributed by atoms with E-state index in [1.807, 2.05) is 13.8 Å². The third kappa shape index (κ3) is 4.67. The number of methoxy groups -OCH3 is 2. The molecule has 0 spiro atoms. The highest BCUT2D eigenvalue weighted by Gasteiger charge is 2.17. The number of hydrogen-bond donors (Lipinski definition) is 1. The van der Waals surface area contributed by atoms with Crippen molar-refractivity contribution in [3.8, 4) is 11.5 Å². The Labute approximate surface area is 157 Å². The summed E-state index contributed by atoms with van der Waals surface area (Å²) in [6.07, 6.45) is -0.0885. The number of benzene rings is 2. The minimum Gasteiger partial charge on any atom is -0.493 e. The van der Waals surface area contributed by atoms with Crippen LogP contribution in [0, 0.1) is 0 Å². The third-order valence-electron chi connectivity index (χ3n) is 3.41. The first-order valence-corrected chi connectivity index (χ1v) is 8.27. The molecule has 2 aromatic rings. The Kier molecular flexibility index (Phi) is 6.46. The molecule has 26 heavy (non-hydrogen) atoms. The largest absolute Gasteiger partial charge is 0.493 e. The van der Waals surface area contributed by atoms with Crippen LogP contribution in [0.4, 0.5) is 5.69 Å². The van der Waals surface area contributed by atoms with Crippen molar-refractivity contribution in [1.82, 2.24) is 0 Å². The molecule has 6 nitrogen and oxygen atoms in total. The lowest BCUT2D eigenvalue weighted by atomic mass is 10.1. The maximum atomic E-state index is 12.5. The van der Waals surface area contributed by atoms with Gasteiger partial charge in [-0.1, -0.05) is 11.6 Å². The summed E-state index contributed by atoms with van der Waals surface area (Å²) >= 11 is 6.24. The van der Waals surface area contributed by atoms with E-state index in [2.05, 4.69) is 10.1 Å². The maximum absolute atomic E-state index is 12.5. The third-order valence-corrected chi connectivity index (χ3v) is 3.69. The van der Waals surface area contributed by atoms with E-state index >= 15 is 0 Å². The number of rotatable bonds is 6. The quantitative estimate of drug-likeness (QED) is 0.764. The fraction of sp³-hybridized carbons (Fsp3) is 0.263. The molecule has 0 aliphatic heterocycles. The van der Waals surface area contributed by atoms with Crippen molar-refractivity contribution < 1.29 is 23.8 Å². The van der Waals surface area contributed by atoms with Crippen molar-refractivity contribution in [2.45, 2.75) is 20.0 Å². The Balaban J connectivity index is 2.21. The van der Waals surface area contributed by atoms with E-state index in [1.165, 1.54) is 20.3 Å². The molecule has 0 heterocycles. The molecule has 0 aromatic heterocycles. The second-order valence-electron chi connectivity index (χ2n) is 5.68. The molecule has 0 saturated carbocycles. The number of anilines is 1. The van der Waals surface area contributed by atoms with Crippen LogP contribution in [0.2, 0.25) is 5.02 Å². The number of halogens is 1. The summed E-state index contributed by atoms with van der Waals surface area (Å²) in [4.78, 5) is 23.9. The monoisotopic (exact) mass is 377 g/mol. The highest BCUT2D eigenvalue weighted by molar-refractivity contribution is 6.32. The fourth-order valence-corrected chi connectivity index (χ4v) is 2.47. The van der Waals surface area contributed by atoms with Crippen LogP contribution in [0.5, 0.6) is 11.5 Å². The van der Waals surface area contributed by atoms with Crippen molar-refractivity contribution >= 4 is 29.2 Å². The lowest BCUT2D eigenvalue weighted by molar-refractivity contribution is 0.0600. The molecule has 0 saturated heterocycles. The van der Waals surface area contributed by atoms with E-state index in [0.717, 1.165) is 0 Å². The predicted octanol–water partition coefficient (Wildman–Crippen LogP) is 4.17. The zero-order chi connectivity index (χ0) is 19.3. The summed E-state index contributed by atoms with van der Waals surface area (Å²) in [5.74, 6) is -0.0483. The van der Waals surface area contributed by atoms with Crippen molar-refractivity contribution in [2.24, 2.45) is 0 Å². The van der Waals surface area contributed by atoms with Gasteiger partial charge < -0.3 is 19.5 Å². The molecule has 1 N–H and O–H groups in total. The van der Waals surface area contributed by atoms with Crippen LogP contribution >= 0.6 is 11.6 Å². The molecule has 7 heteroatoms. The van der Waals surface area contributed by atoms with Crippen molar-refractivity contribution in [1.29, 1.82) is 0 Å². The number of carbonyl (C=O) groups excluding carboxylic acids is 2. The molecule has 0 aliphatic rings. The number of nitrogens with one attached hydrogen (secondary N) is 1. The lowest BCUT2D eigenvalue weighted by Crippen LogP contribution is -2.13. The zero-order valence-electron chi connectivity index (χ0n) is 15.0. The van der Waals surface area contributed by atoms with E-state index < -0.39 is 5.97 Å². The standard InChI is InChI=1S/C19H20ClNO5/c1-11(2)26-17-15(20)9-13(10-16(17)24-3)18(22)21-14-7-5-12(6-8-14)19(23)25-4/h5-11H,1-4H3,(H,21,22). The summed E-state index contributed by atoms with van der Waals surface area (Å²) in [6.45, 7) is 3.74. The van der Waals surface area contributed by atoms with Crippen molar-refractivity contribution in [3.63, 3.8) is 0 Å². The summed E-state index contributed by atoms with van der Waals surface area (Å²) in [5.41, 5.74) is 1.24. The number of hydrogen-bond acceptors (Lipinski definition) is 5. The Bertz CT molecular complexity index is 802. The number of carbonyl (C=O) groups is 2. The molecule has 0 unspecified atom stereocenters. The smallest absolute Gasteiger partial charge is 0.337 e. The first-order chi connectivity index (χ1) is 12.3. The van der Waals surface area contributed by atoms with Crippen molar-refractivity contribution in [3.05, 3.63) is 52.5 Å². The first-order valence-electron chi connectivity index (χ1n) is 7.89. The first kappa shape index (κ1) is 19.6. The van der Waals surface area contributed by atoms with Crippen LogP contribution < -0.4 is 14.8 Å². The van der Waals surface area contributed by atoms with Crippen LogP contribution in [-0.2, 0) is 4.74 Å². The van der Waals surface area contributed by atoms with Gasteiger partial charge in [0, 0.05) is 11.3 Å². The molecule has 138 valence electrons. The highest BCUT2D eigenvalue weighted by Crippen LogP contribution is 2.37. The zero-order valence-corrected chi connectivity index (χ0v) is 15.7. The molecule has 2 rings (SSSR count). The topological polar surface area (TPSA) is 73.9 Å². The SMILES string of the molecule is COC(=O)c1ccc(NC(=O)c2cc(Cl)c(OC(C)C)c(OC)c2)cc1. The molecule has 0 aliphatic carbocycles. The second-order valence-corrected chi connectivity index (χ2v) is 6.09. The summed E-state index contributed by atoms with van der Waals surface area (Å²) in [5, 5.41) is 3.02. The fourth-order valence-electron chi connectivity index (χ4n) is 2.21. The maximum Gasteiger partial charge on any atom is 0.337 e. The molecule has 2 aromatic carbocycles. The summed E-state index contributed by atoms with van der Waals surface area (Å²) in [6, 6.07) is 9.42. The molecule has 0 radical (unpaired) electrons. The van der Waals surface area contributed by atoms with Gasteiger partial charge in [-0.3, -0.25) is 4.79 Å². The van der Waals surface area contributed by atoms with Gasteiger partial charge in [-0.2, -0.15) is 0 Å². The summed E-state index contributed by atoms with van der Waals surface area (Å²) < 4.78 is 15.6. The van der Waals surface area contributed by atoms with E-state index in [9.17, 15) is 9.59 Å². The van der Waals surface area contributed by atoms with Gasteiger partial charge in [0.05, 0.1) is 30.9 Å². The van der Waals surface area contributed by atoms with E-state index in [0.29, 0.717) is 28.3 Å². The minimum atomic E-state index is -0.444. The lowest BCUT2D eigenvalue weighted by Gasteiger charge is -2.16. The molecule has 1 amide bonds. The van der Waals surface area contributed by atoms with Gasteiger partial charge in [0.15, 0.2) is 11.5 Å². The van der Waals surface area contributed by atoms with Gasteiger partial charge in [0.1, 0.15) is 0 Å². The minimum absolute atomic E-state index is 0.0885. The van der Waals surface area contributed by atoms with Gasteiger partial charge in [0.2, 0.25) is 0 Å². The molecule has 0 fully saturated rings. The van der Waals surface area contributed by atoms with Gasteiger partial charge in [-0.25, -0.2) is 4.79 Å². The normalized spacial score (nSPS) is 10.4. The predicted molar refractivity (Wildman–Crippen MR) is 99.5 cm³/mol. The van der Waals surface area contributed by atoms with Crippen LogP contribution in [0.3, 0.4) is 0 Å². The number of amides is 1. The van der Waals surface area contributed by atoms with Gasteiger partial charge in [-0.15, -0.1) is 0 Å². The van der Waals surface area contributed by atoms with Crippen molar-refractivity contribution in [2.75, 3.05) is 19.5 Å². The number of ether oxygens (including phenoxy) is 3. The van der Waals surface area contributed by atoms with E-state index in [-0.39, 0.29) is 17.0 Å². The Morgan fingerprint density at radius 1 is 1.04 bits per heavy atom. The van der Waals surface area contributed by atoms with Crippen LogP contribution in [0.15, 0.2) is 36.4 Å². The highest BCUT2D eigenvalue weighted by atomic mass is 35.5. The van der Waals surface area contributed by atoms with Gasteiger partial charge >= 0.3 is 5.97 Å². The number of esters is 1. The van der Waals surface area contributed by atoms with Gasteiger partial charge in [0.25, 0.3) is 5.91 Å². The van der Waals surface area contributed by atoms with Crippen LogP contribution in [-0.4, -0.2) is 32.2 Å². The molecule has 0 bridgehead atoms.